The number of rotatable bonds is 10. The highest BCUT2D eigenvalue weighted by atomic mass is 19.4. The zero-order chi connectivity index (χ0) is 36.3. The van der Waals surface area contributed by atoms with Crippen LogP contribution in [0, 0.1) is 13.8 Å². The van der Waals surface area contributed by atoms with Gasteiger partial charge in [0.1, 0.15) is 11.4 Å². The van der Waals surface area contributed by atoms with Gasteiger partial charge in [0.15, 0.2) is 0 Å². The monoisotopic (exact) mass is 689 g/mol. The van der Waals surface area contributed by atoms with Crippen LogP contribution in [-0.4, -0.2) is 33.6 Å². The molecule has 3 aromatic carbocycles. The SMILES string of the molecule is CCCC(c1ccc(C(=O)OC(C)(C)C)cc1)C(NC(=O)c1cc(C)c(-n2cc(C(F)(F)F)cn2)c(C)c1)c1ccc(OC(F)(F)F)cc1. The van der Waals surface area contributed by atoms with E-state index in [2.05, 4.69) is 15.2 Å². The van der Waals surface area contributed by atoms with Gasteiger partial charge in [-0.1, -0.05) is 37.6 Å². The van der Waals surface area contributed by atoms with Crippen LogP contribution in [0.2, 0.25) is 0 Å². The Bertz CT molecular complexity index is 1750. The van der Waals surface area contributed by atoms with Crippen LogP contribution in [-0.2, 0) is 10.9 Å². The summed E-state index contributed by atoms with van der Waals surface area (Å²) in [5.74, 6) is -1.83. The van der Waals surface area contributed by atoms with Crippen molar-refractivity contribution < 1.29 is 45.4 Å². The van der Waals surface area contributed by atoms with Gasteiger partial charge in [-0.3, -0.25) is 4.79 Å². The summed E-state index contributed by atoms with van der Waals surface area (Å²) in [4.78, 5) is 26.5. The quantitative estimate of drug-likeness (QED) is 0.133. The highest BCUT2D eigenvalue weighted by molar-refractivity contribution is 5.95. The molecule has 2 atom stereocenters. The molecule has 0 saturated heterocycles. The Morgan fingerprint density at radius 3 is 1.92 bits per heavy atom. The van der Waals surface area contributed by atoms with E-state index in [1.165, 1.54) is 36.4 Å². The van der Waals surface area contributed by atoms with Gasteiger partial charge in [-0.05, 0) is 99.7 Å². The molecule has 1 N–H and O–H groups in total. The van der Waals surface area contributed by atoms with Crippen molar-refractivity contribution in [3.8, 4) is 11.4 Å². The summed E-state index contributed by atoms with van der Waals surface area (Å²) in [5.41, 5.74) is 1.58. The first-order chi connectivity index (χ1) is 22.8. The van der Waals surface area contributed by atoms with E-state index < -0.39 is 47.4 Å². The van der Waals surface area contributed by atoms with Crippen molar-refractivity contribution >= 4 is 11.9 Å². The Kier molecular flexibility index (Phi) is 10.8. The Morgan fingerprint density at radius 1 is 0.857 bits per heavy atom. The fraction of sp³-hybridized carbons (Fsp3) is 0.361. The van der Waals surface area contributed by atoms with E-state index in [0.717, 1.165) is 22.6 Å². The molecule has 0 saturated carbocycles. The van der Waals surface area contributed by atoms with Gasteiger partial charge >= 0.3 is 18.5 Å². The van der Waals surface area contributed by atoms with Crippen molar-refractivity contribution in [3.63, 3.8) is 0 Å². The van der Waals surface area contributed by atoms with E-state index in [-0.39, 0.29) is 11.5 Å². The third-order valence-electron chi connectivity index (χ3n) is 7.63. The molecule has 0 aliphatic carbocycles. The van der Waals surface area contributed by atoms with E-state index >= 15 is 0 Å². The predicted octanol–water partition coefficient (Wildman–Crippen LogP) is 9.42. The number of hydrogen-bond donors (Lipinski definition) is 1. The highest BCUT2D eigenvalue weighted by Crippen LogP contribution is 2.37. The number of halogens is 6. The smallest absolute Gasteiger partial charge is 0.456 e. The van der Waals surface area contributed by atoms with Gasteiger partial charge in [0.25, 0.3) is 5.91 Å². The molecule has 0 radical (unpaired) electrons. The number of aromatic nitrogens is 2. The number of amides is 1. The van der Waals surface area contributed by atoms with Crippen LogP contribution >= 0.6 is 0 Å². The number of benzene rings is 3. The van der Waals surface area contributed by atoms with Crippen molar-refractivity contribution in [1.82, 2.24) is 15.1 Å². The second-order valence-electron chi connectivity index (χ2n) is 12.7. The number of aryl methyl sites for hydroxylation is 2. The second kappa shape index (κ2) is 14.4. The summed E-state index contributed by atoms with van der Waals surface area (Å²) >= 11 is 0. The standard InChI is InChI=1S/C36H37F6N3O4/c1-7-8-29(23-9-11-25(12-10-23)33(47)49-34(4,5)6)30(24-13-15-28(16-14-24)48-36(40,41)42)44-32(46)26-17-21(2)31(22(3)18-26)45-20-27(19-43-45)35(37,38)39/h9-20,29-30H,7-8H2,1-6H3,(H,44,46). The molecule has 4 rings (SSSR count). The van der Waals surface area contributed by atoms with Gasteiger partial charge in [-0.2, -0.15) is 18.3 Å². The summed E-state index contributed by atoms with van der Waals surface area (Å²) in [6.45, 7) is 10.5. The summed E-state index contributed by atoms with van der Waals surface area (Å²) in [7, 11) is 0. The lowest BCUT2D eigenvalue weighted by Gasteiger charge is -2.29. The van der Waals surface area contributed by atoms with E-state index in [1.54, 1.807) is 58.9 Å². The number of carbonyl (C=O) groups is 2. The van der Waals surface area contributed by atoms with Crippen molar-refractivity contribution in [3.05, 3.63) is 112 Å². The fourth-order valence-corrected chi connectivity index (χ4v) is 5.60. The van der Waals surface area contributed by atoms with Crippen LogP contribution in [0.3, 0.4) is 0 Å². The zero-order valence-electron chi connectivity index (χ0n) is 27.8. The Hall–Kier alpha value is -4.81. The maximum absolute atomic E-state index is 13.9. The highest BCUT2D eigenvalue weighted by Gasteiger charge is 2.34. The Morgan fingerprint density at radius 2 is 1.43 bits per heavy atom. The van der Waals surface area contributed by atoms with Crippen LogP contribution in [0.15, 0.2) is 73.1 Å². The molecule has 13 heteroatoms. The molecule has 0 spiro atoms. The third-order valence-corrected chi connectivity index (χ3v) is 7.63. The molecule has 4 aromatic rings. The molecule has 0 aliphatic rings. The van der Waals surface area contributed by atoms with Crippen molar-refractivity contribution in [2.24, 2.45) is 0 Å². The lowest BCUT2D eigenvalue weighted by Crippen LogP contribution is -2.33. The number of ether oxygens (including phenoxy) is 2. The molecular formula is C36H37F6N3O4. The molecule has 1 aromatic heterocycles. The molecule has 0 bridgehead atoms. The average molecular weight is 690 g/mol. The minimum Gasteiger partial charge on any atom is -0.456 e. The predicted molar refractivity (Wildman–Crippen MR) is 171 cm³/mol. The van der Waals surface area contributed by atoms with Crippen molar-refractivity contribution in [2.75, 3.05) is 0 Å². The average Bonchev–Trinajstić information content (AvgIpc) is 3.48. The molecular weight excluding hydrogens is 652 g/mol. The number of alkyl halides is 6. The molecule has 7 nitrogen and oxygen atoms in total. The van der Waals surface area contributed by atoms with Gasteiger partial charge in [0.05, 0.1) is 29.1 Å². The first-order valence-electron chi connectivity index (χ1n) is 15.5. The van der Waals surface area contributed by atoms with E-state index in [4.69, 9.17) is 4.74 Å². The van der Waals surface area contributed by atoms with Gasteiger partial charge in [-0.25, -0.2) is 9.48 Å². The summed E-state index contributed by atoms with van der Waals surface area (Å²) < 4.78 is 88.9. The molecule has 262 valence electrons. The van der Waals surface area contributed by atoms with E-state index in [9.17, 15) is 35.9 Å². The zero-order valence-corrected chi connectivity index (χ0v) is 27.8. The fourth-order valence-electron chi connectivity index (χ4n) is 5.60. The number of hydrogen-bond acceptors (Lipinski definition) is 5. The van der Waals surface area contributed by atoms with Gasteiger partial charge < -0.3 is 14.8 Å². The third kappa shape index (κ3) is 9.64. The topological polar surface area (TPSA) is 82.5 Å². The molecule has 1 amide bonds. The molecule has 49 heavy (non-hydrogen) atoms. The molecule has 2 unspecified atom stereocenters. The summed E-state index contributed by atoms with van der Waals surface area (Å²) in [6, 6.07) is 14.3. The van der Waals surface area contributed by atoms with Crippen molar-refractivity contribution in [2.45, 2.75) is 84.5 Å². The van der Waals surface area contributed by atoms with E-state index in [1.807, 2.05) is 6.92 Å². The van der Waals surface area contributed by atoms with Crippen LogP contribution in [0.1, 0.15) is 101 Å². The van der Waals surface area contributed by atoms with E-state index in [0.29, 0.717) is 40.8 Å². The minimum atomic E-state index is -4.89. The number of esters is 1. The Balaban J connectivity index is 1.71. The van der Waals surface area contributed by atoms with Crippen molar-refractivity contribution in [1.29, 1.82) is 0 Å². The first kappa shape index (κ1) is 37.0. The minimum absolute atomic E-state index is 0.222. The van der Waals surface area contributed by atoms with Gasteiger partial charge in [0.2, 0.25) is 0 Å². The normalized spacial score (nSPS) is 13.5. The number of carbonyl (C=O) groups excluding carboxylic acids is 2. The summed E-state index contributed by atoms with van der Waals surface area (Å²) in [6.07, 6.45) is -6.63. The second-order valence-corrected chi connectivity index (χ2v) is 12.7. The van der Waals surface area contributed by atoms with Crippen LogP contribution in [0.4, 0.5) is 26.3 Å². The molecule has 0 fully saturated rings. The first-order valence-corrected chi connectivity index (χ1v) is 15.5. The Labute approximate surface area is 280 Å². The molecule has 0 aliphatic heterocycles. The van der Waals surface area contributed by atoms with Crippen LogP contribution in [0.5, 0.6) is 5.75 Å². The number of nitrogens with one attached hydrogen (secondary N) is 1. The van der Waals surface area contributed by atoms with Crippen LogP contribution in [0.25, 0.3) is 5.69 Å². The maximum Gasteiger partial charge on any atom is 0.573 e. The largest absolute Gasteiger partial charge is 0.573 e. The molecule has 1 heterocycles. The lowest BCUT2D eigenvalue weighted by atomic mass is 9.83. The van der Waals surface area contributed by atoms with Gasteiger partial charge in [0, 0.05) is 17.7 Å². The maximum atomic E-state index is 13.9. The lowest BCUT2D eigenvalue weighted by molar-refractivity contribution is -0.274. The van der Waals surface area contributed by atoms with Gasteiger partial charge in [-0.15, -0.1) is 13.2 Å². The summed E-state index contributed by atoms with van der Waals surface area (Å²) in [5, 5.41) is 6.91. The number of nitrogens with zero attached hydrogens (tertiary/aromatic N) is 2. The van der Waals surface area contributed by atoms with Crippen LogP contribution < -0.4 is 10.1 Å².